The molecule has 16 heavy (non-hydrogen) atoms. The third-order valence-electron chi connectivity index (χ3n) is 1.63. The van der Waals surface area contributed by atoms with Gasteiger partial charge >= 0.3 is 0 Å². The zero-order valence-electron chi connectivity index (χ0n) is 8.43. The molecule has 0 aliphatic rings. The molecule has 5 N–H and O–H groups in total. The van der Waals surface area contributed by atoms with Crippen molar-refractivity contribution in [3.63, 3.8) is 0 Å². The molecule has 0 aliphatic carbocycles. The van der Waals surface area contributed by atoms with Gasteiger partial charge in [-0.05, 0) is 6.42 Å². The van der Waals surface area contributed by atoms with Crippen LogP contribution in [0, 0.1) is 0 Å². The summed E-state index contributed by atoms with van der Waals surface area (Å²) in [5.74, 6) is -2.40. The molecule has 1 atom stereocenters. The predicted molar refractivity (Wildman–Crippen MR) is 51.9 cm³/mol. The van der Waals surface area contributed by atoms with Gasteiger partial charge in [0.25, 0.3) is 5.91 Å². The van der Waals surface area contributed by atoms with Crippen LogP contribution in [0.5, 0.6) is 0 Å². The normalized spacial score (nSPS) is 11.3. The quantitative estimate of drug-likeness (QED) is 0.268. The molecule has 0 aliphatic heterocycles. The molecule has 90 valence electrons. The summed E-state index contributed by atoms with van der Waals surface area (Å²) < 4.78 is 0. The Balaban J connectivity index is 4.04. The number of hydrogen-bond donors (Lipinski definition) is 4. The average molecular weight is 231 g/mol. The van der Waals surface area contributed by atoms with Crippen LogP contribution in [-0.2, 0) is 19.2 Å². The minimum atomic E-state index is -0.995. The number of hydrogen-bond acceptors (Lipinski definition) is 5. The topological polar surface area (TPSA) is 139 Å². The molecule has 0 radical (unpaired) electrons. The van der Waals surface area contributed by atoms with Crippen LogP contribution in [0.25, 0.3) is 0 Å². The second-order valence-corrected chi connectivity index (χ2v) is 2.87. The van der Waals surface area contributed by atoms with Crippen LogP contribution in [0.3, 0.4) is 0 Å². The van der Waals surface area contributed by atoms with Crippen molar-refractivity contribution in [1.29, 1.82) is 0 Å². The van der Waals surface area contributed by atoms with E-state index in [4.69, 9.17) is 10.8 Å². The van der Waals surface area contributed by atoms with Gasteiger partial charge in [-0.15, -0.1) is 0 Å². The van der Waals surface area contributed by atoms with E-state index >= 15 is 0 Å². The van der Waals surface area contributed by atoms with E-state index in [1.807, 2.05) is 5.32 Å². The molecule has 0 spiro atoms. The van der Waals surface area contributed by atoms with Crippen molar-refractivity contribution < 1.29 is 24.3 Å². The Hall–Kier alpha value is -1.96. The van der Waals surface area contributed by atoms with E-state index in [1.165, 1.54) is 0 Å². The van der Waals surface area contributed by atoms with Crippen LogP contribution >= 0.6 is 0 Å². The number of aliphatic hydroxyl groups excluding tert-OH is 1. The molecule has 3 amide bonds. The average Bonchev–Trinajstić information content (AvgIpc) is 2.25. The summed E-state index contributed by atoms with van der Waals surface area (Å²) in [4.78, 5) is 42.3. The van der Waals surface area contributed by atoms with E-state index in [2.05, 4.69) is 5.32 Å². The van der Waals surface area contributed by atoms with Crippen molar-refractivity contribution >= 4 is 24.0 Å². The maximum atomic E-state index is 11.1. The van der Waals surface area contributed by atoms with Gasteiger partial charge in [-0.2, -0.15) is 0 Å². The highest BCUT2D eigenvalue weighted by Crippen LogP contribution is 1.89. The van der Waals surface area contributed by atoms with Crippen molar-refractivity contribution in [2.24, 2.45) is 5.73 Å². The summed E-state index contributed by atoms with van der Waals surface area (Å²) in [6, 6.07) is -0.995. The first-order valence-corrected chi connectivity index (χ1v) is 4.43. The molecule has 0 heterocycles. The summed E-state index contributed by atoms with van der Waals surface area (Å²) in [5.41, 5.74) is 4.94. The number of rotatable bonds is 7. The fraction of sp³-hybridized carbons (Fsp3) is 0.500. The first kappa shape index (κ1) is 14.0. The molecule has 0 fully saturated rings. The fourth-order valence-electron chi connectivity index (χ4n) is 0.869. The first-order valence-electron chi connectivity index (χ1n) is 4.43. The minimum Gasteiger partial charge on any atom is -0.396 e. The van der Waals surface area contributed by atoms with E-state index < -0.39 is 30.3 Å². The molecular weight excluding hydrogens is 218 g/mol. The Morgan fingerprint density at radius 1 is 1.38 bits per heavy atom. The lowest BCUT2D eigenvalue weighted by atomic mass is 10.2. The summed E-state index contributed by atoms with van der Waals surface area (Å²) in [5, 5.41) is 12.8. The second-order valence-electron chi connectivity index (χ2n) is 2.87. The van der Waals surface area contributed by atoms with Gasteiger partial charge in [0, 0.05) is 6.61 Å². The highest BCUT2D eigenvalue weighted by atomic mass is 16.3. The van der Waals surface area contributed by atoms with E-state index in [0.29, 0.717) is 0 Å². The number of primary amides is 1. The molecule has 0 aromatic heterocycles. The van der Waals surface area contributed by atoms with Crippen molar-refractivity contribution in [2.75, 3.05) is 13.2 Å². The van der Waals surface area contributed by atoms with Gasteiger partial charge in [0.05, 0.1) is 6.54 Å². The number of aliphatic hydroxyl groups is 1. The first-order chi connectivity index (χ1) is 7.51. The maximum absolute atomic E-state index is 11.1. The second kappa shape index (κ2) is 7.35. The van der Waals surface area contributed by atoms with Crippen LogP contribution in [0.4, 0.5) is 0 Å². The number of carbonyl (C=O) groups excluding carboxylic acids is 4. The Labute approximate surface area is 91.2 Å². The lowest BCUT2D eigenvalue weighted by Crippen LogP contribution is -2.48. The molecule has 0 aromatic carbocycles. The molecule has 8 heteroatoms. The summed E-state index contributed by atoms with van der Waals surface area (Å²) in [6.07, 6.45) is 0.00920. The van der Waals surface area contributed by atoms with Gasteiger partial charge < -0.3 is 21.5 Å². The van der Waals surface area contributed by atoms with Crippen LogP contribution in [0.1, 0.15) is 6.42 Å². The van der Waals surface area contributed by atoms with Gasteiger partial charge in [-0.1, -0.05) is 0 Å². The zero-order chi connectivity index (χ0) is 12.6. The molecule has 0 bridgehead atoms. The predicted octanol–water partition coefficient (Wildman–Crippen LogP) is -3.35. The molecular formula is C8H13N3O5. The molecule has 0 aromatic rings. The third-order valence-corrected chi connectivity index (χ3v) is 1.63. The zero-order valence-corrected chi connectivity index (χ0v) is 8.43. The van der Waals surface area contributed by atoms with E-state index in [-0.39, 0.29) is 19.3 Å². The highest BCUT2D eigenvalue weighted by Gasteiger charge is 2.17. The monoisotopic (exact) mass is 231 g/mol. The largest absolute Gasteiger partial charge is 0.396 e. The molecule has 0 saturated carbocycles. The Kier molecular flexibility index (Phi) is 6.45. The van der Waals surface area contributed by atoms with Crippen molar-refractivity contribution in [3.8, 4) is 0 Å². The number of nitrogens with one attached hydrogen (secondary N) is 2. The number of amides is 3. The van der Waals surface area contributed by atoms with Gasteiger partial charge in [-0.3, -0.25) is 19.2 Å². The maximum Gasteiger partial charge on any atom is 0.284 e. The molecule has 0 saturated heterocycles. The summed E-state index contributed by atoms with van der Waals surface area (Å²) in [7, 11) is 0. The molecule has 0 rings (SSSR count). The highest BCUT2D eigenvalue weighted by molar-refractivity contribution is 6.24. The smallest absolute Gasteiger partial charge is 0.284 e. The standard InChI is InChI=1S/C8H13N3O5/c9-8(16)5(1-2-12)11-6(14)3-10-7(15)4-13/h4-5,12H,1-3H2,(H2,9,16)(H,10,15)(H,11,14). The Bertz CT molecular complexity index is 291. The van der Waals surface area contributed by atoms with Crippen molar-refractivity contribution in [2.45, 2.75) is 12.5 Å². The van der Waals surface area contributed by atoms with E-state index in [1.54, 1.807) is 0 Å². The van der Waals surface area contributed by atoms with Crippen LogP contribution < -0.4 is 16.4 Å². The summed E-state index contributed by atoms with van der Waals surface area (Å²) in [6.45, 7) is -0.749. The lowest BCUT2D eigenvalue weighted by Gasteiger charge is -2.13. The van der Waals surface area contributed by atoms with E-state index in [9.17, 15) is 19.2 Å². The third kappa shape index (κ3) is 5.70. The Morgan fingerprint density at radius 3 is 2.44 bits per heavy atom. The van der Waals surface area contributed by atoms with Gasteiger partial charge in [-0.25, -0.2) is 0 Å². The Morgan fingerprint density at radius 2 is 2.00 bits per heavy atom. The fourth-order valence-corrected chi connectivity index (χ4v) is 0.869. The van der Waals surface area contributed by atoms with Gasteiger partial charge in [0.1, 0.15) is 6.04 Å². The van der Waals surface area contributed by atoms with Crippen molar-refractivity contribution in [3.05, 3.63) is 0 Å². The number of nitrogens with two attached hydrogens (primary N) is 1. The molecule has 8 nitrogen and oxygen atoms in total. The molecule has 1 unspecified atom stereocenters. The minimum absolute atomic E-state index is 0.0112. The SMILES string of the molecule is NC(=O)C(CCO)NC(=O)CNC(=O)C=O. The van der Waals surface area contributed by atoms with Crippen LogP contribution in [0.2, 0.25) is 0 Å². The summed E-state index contributed by atoms with van der Waals surface area (Å²) >= 11 is 0. The van der Waals surface area contributed by atoms with Crippen LogP contribution in [0.15, 0.2) is 0 Å². The lowest BCUT2D eigenvalue weighted by molar-refractivity contribution is -0.133. The van der Waals surface area contributed by atoms with Crippen LogP contribution in [-0.4, -0.2) is 48.3 Å². The number of aldehydes is 1. The van der Waals surface area contributed by atoms with E-state index in [0.717, 1.165) is 0 Å². The van der Waals surface area contributed by atoms with Crippen molar-refractivity contribution in [1.82, 2.24) is 10.6 Å². The van der Waals surface area contributed by atoms with Gasteiger partial charge in [0.2, 0.25) is 18.1 Å². The van der Waals surface area contributed by atoms with Gasteiger partial charge in [0.15, 0.2) is 0 Å². The number of carbonyl (C=O) groups is 4.